The lowest BCUT2D eigenvalue weighted by Gasteiger charge is -2.27. The molecule has 0 bridgehead atoms. The van der Waals surface area contributed by atoms with Gasteiger partial charge in [-0.1, -0.05) is 27.5 Å². The molecule has 0 saturated carbocycles. The molecule has 1 heterocycles. The topological polar surface area (TPSA) is 75.7 Å². The minimum absolute atomic E-state index is 0.216. The third-order valence-corrected chi connectivity index (χ3v) is 5.06. The molecule has 2 aromatic rings. The van der Waals surface area contributed by atoms with Gasteiger partial charge in [0.15, 0.2) is 0 Å². The Kier molecular flexibility index (Phi) is 6.66. The Bertz CT molecular complexity index is 1150. The number of carbonyl (C=O) groups excluding carboxylic acids is 3. The molecule has 1 fully saturated rings. The van der Waals surface area contributed by atoms with E-state index in [4.69, 9.17) is 16.3 Å². The van der Waals surface area contributed by atoms with E-state index in [-0.39, 0.29) is 11.1 Å². The number of hydrogen-bond acceptors (Lipinski definition) is 4. The molecule has 1 aliphatic rings. The molecule has 0 aliphatic carbocycles. The highest BCUT2D eigenvalue weighted by Gasteiger charge is 2.39. The van der Waals surface area contributed by atoms with Crippen molar-refractivity contribution in [3.63, 3.8) is 0 Å². The molecular weight excluding hydrogens is 517 g/mol. The summed E-state index contributed by atoms with van der Waals surface area (Å²) in [7, 11) is 0. The molecule has 1 saturated heterocycles. The third-order valence-electron chi connectivity index (χ3n) is 4.25. The Morgan fingerprint density at radius 2 is 1.81 bits per heavy atom. The van der Waals surface area contributed by atoms with E-state index in [0.29, 0.717) is 26.8 Å². The molecule has 0 spiro atoms. The molecule has 168 valence electrons. The van der Waals surface area contributed by atoms with Gasteiger partial charge in [-0.05, 0) is 56.3 Å². The van der Waals surface area contributed by atoms with E-state index in [0.717, 1.165) is 12.1 Å². The maximum absolute atomic E-state index is 13.1. The van der Waals surface area contributed by atoms with Crippen LogP contribution in [0, 0.1) is 0 Å². The second-order valence-electron chi connectivity index (χ2n) is 6.97. The van der Waals surface area contributed by atoms with Crippen molar-refractivity contribution >= 4 is 57.1 Å². The van der Waals surface area contributed by atoms with Crippen LogP contribution in [-0.4, -0.2) is 23.9 Å². The summed E-state index contributed by atoms with van der Waals surface area (Å²) in [4.78, 5) is 38.2. The zero-order chi connectivity index (χ0) is 23.8. The van der Waals surface area contributed by atoms with E-state index in [1.54, 1.807) is 32.0 Å². The molecule has 0 aromatic heterocycles. The number of anilines is 1. The number of nitrogens with one attached hydrogen (secondary N) is 1. The van der Waals surface area contributed by atoms with Crippen LogP contribution in [0.3, 0.4) is 0 Å². The Morgan fingerprint density at radius 3 is 2.44 bits per heavy atom. The lowest BCUT2D eigenvalue weighted by atomic mass is 10.1. The van der Waals surface area contributed by atoms with Crippen molar-refractivity contribution in [2.24, 2.45) is 0 Å². The van der Waals surface area contributed by atoms with Crippen LogP contribution >= 0.6 is 27.5 Å². The number of benzene rings is 2. The van der Waals surface area contributed by atoms with Crippen LogP contribution in [0.25, 0.3) is 6.08 Å². The van der Waals surface area contributed by atoms with Crippen molar-refractivity contribution in [2.45, 2.75) is 26.1 Å². The van der Waals surface area contributed by atoms with Gasteiger partial charge in [-0.2, -0.15) is 13.2 Å². The van der Waals surface area contributed by atoms with Crippen LogP contribution in [-0.2, 0) is 15.8 Å². The number of halogens is 5. The highest BCUT2D eigenvalue weighted by atomic mass is 79.9. The van der Waals surface area contributed by atoms with E-state index in [2.05, 4.69) is 15.9 Å². The fourth-order valence-corrected chi connectivity index (χ4v) is 3.47. The summed E-state index contributed by atoms with van der Waals surface area (Å²) in [6, 6.07) is 5.89. The Labute approximate surface area is 194 Å². The zero-order valence-corrected chi connectivity index (χ0v) is 18.9. The molecule has 0 atom stereocenters. The van der Waals surface area contributed by atoms with E-state index >= 15 is 0 Å². The van der Waals surface area contributed by atoms with Crippen molar-refractivity contribution in [3.05, 3.63) is 62.6 Å². The van der Waals surface area contributed by atoms with Crippen LogP contribution in [0.2, 0.25) is 5.02 Å². The molecule has 6 nitrogen and oxygen atoms in total. The molecule has 0 radical (unpaired) electrons. The number of hydrogen-bond donors (Lipinski definition) is 1. The fourth-order valence-electron chi connectivity index (χ4n) is 2.89. The molecule has 3 rings (SSSR count). The van der Waals surface area contributed by atoms with Crippen molar-refractivity contribution in [3.8, 4) is 5.75 Å². The van der Waals surface area contributed by atoms with Crippen molar-refractivity contribution in [2.75, 3.05) is 4.90 Å². The first-order valence-electron chi connectivity index (χ1n) is 9.13. The molecule has 1 aliphatic heterocycles. The predicted octanol–water partition coefficient (Wildman–Crippen LogP) is 5.57. The second kappa shape index (κ2) is 8.95. The zero-order valence-electron chi connectivity index (χ0n) is 16.6. The van der Waals surface area contributed by atoms with Crippen molar-refractivity contribution in [1.82, 2.24) is 5.32 Å². The number of imide groups is 2. The van der Waals surface area contributed by atoms with Gasteiger partial charge >= 0.3 is 12.2 Å². The van der Waals surface area contributed by atoms with Crippen LogP contribution < -0.4 is 15.0 Å². The Balaban J connectivity index is 2.11. The van der Waals surface area contributed by atoms with E-state index in [1.165, 1.54) is 6.08 Å². The van der Waals surface area contributed by atoms with Gasteiger partial charge in [0.2, 0.25) is 0 Å². The number of carbonyl (C=O) groups is 3. The van der Waals surface area contributed by atoms with Crippen LogP contribution in [0.1, 0.15) is 25.0 Å². The van der Waals surface area contributed by atoms with Gasteiger partial charge in [0.25, 0.3) is 11.8 Å². The van der Waals surface area contributed by atoms with Gasteiger partial charge in [-0.15, -0.1) is 0 Å². The first-order valence-corrected chi connectivity index (χ1v) is 10.3. The molecule has 11 heteroatoms. The molecule has 1 N–H and O–H groups in total. The monoisotopic (exact) mass is 530 g/mol. The normalized spacial score (nSPS) is 16.1. The first kappa shape index (κ1) is 23.8. The number of amides is 4. The summed E-state index contributed by atoms with van der Waals surface area (Å²) >= 11 is 9.28. The summed E-state index contributed by atoms with van der Waals surface area (Å²) in [5, 5.41) is 1.68. The maximum atomic E-state index is 13.1. The number of nitrogens with zero attached hydrogens (tertiary/aromatic N) is 1. The number of barbiturate groups is 1. The molecule has 0 unspecified atom stereocenters. The van der Waals surface area contributed by atoms with Gasteiger partial charge in [-0.3, -0.25) is 14.9 Å². The largest absolute Gasteiger partial charge is 0.490 e. The number of urea groups is 1. The smallest absolute Gasteiger partial charge is 0.416 e. The number of alkyl halides is 3. The molecular formula is C21H15BrClF3N2O4. The first-order chi connectivity index (χ1) is 14.9. The van der Waals surface area contributed by atoms with Crippen molar-refractivity contribution < 1.29 is 32.3 Å². The third kappa shape index (κ3) is 4.97. The van der Waals surface area contributed by atoms with E-state index in [9.17, 15) is 27.6 Å². The number of ether oxygens (including phenoxy) is 1. The highest BCUT2D eigenvalue weighted by molar-refractivity contribution is 9.10. The summed E-state index contributed by atoms with van der Waals surface area (Å²) < 4.78 is 45.7. The standard InChI is InChI=1S/C21H15BrClF3N2O4/c1-10(2)32-17-6-4-13(22)7-11(17)8-14-18(29)27-20(31)28(19(14)30)16-9-12(21(24,25)26)3-5-15(16)23/h3-10H,1-2H3,(H,27,29,31)/b14-8-. The summed E-state index contributed by atoms with van der Waals surface area (Å²) in [5.74, 6) is -1.78. The SMILES string of the molecule is CC(C)Oc1ccc(Br)cc1/C=C1/C(=O)NC(=O)N(c2cc(C(F)(F)F)ccc2Cl)C1=O. The van der Waals surface area contributed by atoms with Crippen LogP contribution in [0.5, 0.6) is 5.75 Å². The van der Waals surface area contributed by atoms with E-state index < -0.39 is 40.8 Å². The van der Waals surface area contributed by atoms with Gasteiger partial charge in [0.1, 0.15) is 11.3 Å². The summed E-state index contributed by atoms with van der Waals surface area (Å²) in [6.07, 6.45) is -3.75. The summed E-state index contributed by atoms with van der Waals surface area (Å²) in [6.45, 7) is 3.57. The Hall–Kier alpha value is -2.85. The van der Waals surface area contributed by atoms with Gasteiger partial charge in [0.05, 0.1) is 22.4 Å². The second-order valence-corrected chi connectivity index (χ2v) is 8.29. The predicted molar refractivity (Wildman–Crippen MR) is 115 cm³/mol. The van der Waals surface area contributed by atoms with Crippen LogP contribution in [0.15, 0.2) is 46.4 Å². The lowest BCUT2D eigenvalue weighted by molar-refractivity contribution is -0.137. The molecule has 32 heavy (non-hydrogen) atoms. The van der Waals surface area contributed by atoms with Crippen molar-refractivity contribution in [1.29, 1.82) is 0 Å². The molecule has 2 aromatic carbocycles. The minimum Gasteiger partial charge on any atom is -0.490 e. The highest BCUT2D eigenvalue weighted by Crippen LogP contribution is 2.37. The molecule has 4 amide bonds. The average Bonchev–Trinajstić information content (AvgIpc) is 2.67. The van der Waals surface area contributed by atoms with Gasteiger partial charge in [0, 0.05) is 10.0 Å². The van der Waals surface area contributed by atoms with Gasteiger partial charge in [-0.25, -0.2) is 9.69 Å². The maximum Gasteiger partial charge on any atom is 0.416 e. The fraction of sp³-hybridized carbons (Fsp3) is 0.190. The number of rotatable bonds is 4. The Morgan fingerprint density at radius 1 is 1.12 bits per heavy atom. The van der Waals surface area contributed by atoms with E-state index in [1.807, 2.05) is 5.32 Å². The quantitative estimate of drug-likeness (QED) is 0.413. The summed E-state index contributed by atoms with van der Waals surface area (Å²) in [5.41, 5.74) is -1.75. The lowest BCUT2D eigenvalue weighted by Crippen LogP contribution is -2.54. The average molecular weight is 532 g/mol. The van der Waals surface area contributed by atoms with Crippen LogP contribution in [0.4, 0.5) is 23.7 Å². The van der Waals surface area contributed by atoms with Gasteiger partial charge < -0.3 is 4.74 Å². The minimum atomic E-state index is -4.73.